The van der Waals surface area contributed by atoms with Crippen molar-refractivity contribution in [3.8, 4) is 0 Å². The zero-order valence-electron chi connectivity index (χ0n) is 11.7. The SMILES string of the molecule is CCC1CCN(C2(CN)CSCCC2(C)C)C1. The fourth-order valence-electron chi connectivity index (χ4n) is 3.53. The third-order valence-electron chi connectivity index (χ3n) is 5.28. The minimum atomic E-state index is 0.250. The maximum absolute atomic E-state index is 6.23. The molecule has 0 aromatic rings. The van der Waals surface area contributed by atoms with Gasteiger partial charge in [-0.2, -0.15) is 11.8 Å². The molecule has 0 aromatic heterocycles. The number of hydrogen-bond acceptors (Lipinski definition) is 3. The molecule has 2 aliphatic heterocycles. The molecule has 0 aliphatic carbocycles. The first-order valence-corrected chi connectivity index (χ1v) is 8.24. The van der Waals surface area contributed by atoms with E-state index in [4.69, 9.17) is 5.73 Å². The third-order valence-corrected chi connectivity index (χ3v) is 6.45. The first-order chi connectivity index (χ1) is 8.05. The van der Waals surface area contributed by atoms with Crippen LogP contribution in [-0.2, 0) is 0 Å². The summed E-state index contributed by atoms with van der Waals surface area (Å²) < 4.78 is 0. The van der Waals surface area contributed by atoms with Crippen molar-refractivity contribution in [1.82, 2.24) is 4.90 Å². The molecule has 2 rings (SSSR count). The van der Waals surface area contributed by atoms with Gasteiger partial charge in [0.15, 0.2) is 0 Å². The molecule has 100 valence electrons. The van der Waals surface area contributed by atoms with Gasteiger partial charge in [0.1, 0.15) is 0 Å². The Morgan fingerprint density at radius 3 is 2.71 bits per heavy atom. The van der Waals surface area contributed by atoms with Gasteiger partial charge in [-0.15, -0.1) is 0 Å². The monoisotopic (exact) mass is 256 g/mol. The summed E-state index contributed by atoms with van der Waals surface area (Å²) >= 11 is 2.10. The lowest BCUT2D eigenvalue weighted by atomic mass is 9.69. The normalized spacial score (nSPS) is 38.5. The number of nitrogens with two attached hydrogens (primary N) is 1. The predicted octanol–water partition coefficient (Wildman–Crippen LogP) is 2.58. The molecular formula is C14H28N2S. The van der Waals surface area contributed by atoms with Crippen LogP contribution >= 0.6 is 11.8 Å². The van der Waals surface area contributed by atoms with Crippen molar-refractivity contribution in [2.24, 2.45) is 17.1 Å². The third kappa shape index (κ3) is 2.26. The van der Waals surface area contributed by atoms with E-state index < -0.39 is 0 Å². The van der Waals surface area contributed by atoms with E-state index >= 15 is 0 Å². The zero-order valence-corrected chi connectivity index (χ0v) is 12.5. The van der Waals surface area contributed by atoms with Crippen LogP contribution in [0.3, 0.4) is 0 Å². The maximum atomic E-state index is 6.23. The van der Waals surface area contributed by atoms with Gasteiger partial charge in [-0.3, -0.25) is 4.90 Å². The van der Waals surface area contributed by atoms with Crippen molar-refractivity contribution in [2.45, 2.75) is 45.6 Å². The van der Waals surface area contributed by atoms with Crippen molar-refractivity contribution >= 4 is 11.8 Å². The Balaban J connectivity index is 2.18. The minimum absolute atomic E-state index is 0.250. The molecule has 2 heterocycles. The van der Waals surface area contributed by atoms with Crippen molar-refractivity contribution < 1.29 is 0 Å². The van der Waals surface area contributed by atoms with Crippen LogP contribution in [-0.4, -0.2) is 41.6 Å². The molecule has 17 heavy (non-hydrogen) atoms. The molecule has 0 amide bonds. The minimum Gasteiger partial charge on any atom is -0.329 e. The average Bonchev–Trinajstić information content (AvgIpc) is 2.78. The fraction of sp³-hybridized carbons (Fsp3) is 1.00. The van der Waals surface area contributed by atoms with Crippen molar-refractivity contribution in [3.63, 3.8) is 0 Å². The number of rotatable bonds is 3. The Hall–Kier alpha value is 0.270. The summed E-state index contributed by atoms with van der Waals surface area (Å²) in [6, 6.07) is 0. The van der Waals surface area contributed by atoms with Crippen molar-refractivity contribution in [3.05, 3.63) is 0 Å². The number of hydrogen-bond donors (Lipinski definition) is 1. The van der Waals surface area contributed by atoms with Gasteiger partial charge in [0.05, 0.1) is 0 Å². The van der Waals surface area contributed by atoms with Gasteiger partial charge >= 0.3 is 0 Å². The Morgan fingerprint density at radius 1 is 1.41 bits per heavy atom. The van der Waals surface area contributed by atoms with Crippen LogP contribution in [0.1, 0.15) is 40.0 Å². The topological polar surface area (TPSA) is 29.3 Å². The Labute approximate surface area is 111 Å². The molecule has 2 N–H and O–H groups in total. The van der Waals surface area contributed by atoms with Crippen molar-refractivity contribution in [1.29, 1.82) is 0 Å². The van der Waals surface area contributed by atoms with E-state index in [1.165, 1.54) is 43.9 Å². The second-order valence-electron chi connectivity index (χ2n) is 6.43. The van der Waals surface area contributed by atoms with Gasteiger partial charge in [-0.05, 0) is 36.5 Å². The van der Waals surface area contributed by atoms with Gasteiger partial charge in [-0.1, -0.05) is 27.2 Å². The molecular weight excluding hydrogens is 228 g/mol. The lowest BCUT2D eigenvalue weighted by Crippen LogP contribution is -2.65. The van der Waals surface area contributed by atoms with E-state index in [1.807, 2.05) is 0 Å². The second kappa shape index (κ2) is 5.10. The molecule has 2 fully saturated rings. The highest BCUT2D eigenvalue weighted by Gasteiger charge is 2.51. The number of thioether (sulfide) groups is 1. The molecule has 2 atom stereocenters. The van der Waals surface area contributed by atoms with Gasteiger partial charge in [0, 0.05) is 24.4 Å². The van der Waals surface area contributed by atoms with Gasteiger partial charge < -0.3 is 5.73 Å². The first kappa shape index (κ1) is 13.7. The van der Waals surface area contributed by atoms with E-state index in [9.17, 15) is 0 Å². The summed E-state index contributed by atoms with van der Waals surface area (Å²) in [6.07, 6.45) is 4.01. The van der Waals surface area contributed by atoms with Crippen LogP contribution < -0.4 is 5.73 Å². The van der Waals surface area contributed by atoms with Crippen LogP contribution in [0.15, 0.2) is 0 Å². The predicted molar refractivity (Wildman–Crippen MR) is 77.5 cm³/mol. The van der Waals surface area contributed by atoms with Crippen LogP contribution in [0.25, 0.3) is 0 Å². The van der Waals surface area contributed by atoms with E-state index in [2.05, 4.69) is 37.4 Å². The van der Waals surface area contributed by atoms with E-state index in [-0.39, 0.29) is 5.54 Å². The van der Waals surface area contributed by atoms with E-state index in [0.29, 0.717) is 5.41 Å². The fourth-order valence-corrected chi connectivity index (χ4v) is 5.36. The Morgan fingerprint density at radius 2 is 2.18 bits per heavy atom. The number of nitrogens with zero attached hydrogens (tertiary/aromatic N) is 1. The molecule has 2 saturated heterocycles. The lowest BCUT2D eigenvalue weighted by Gasteiger charge is -2.54. The van der Waals surface area contributed by atoms with Crippen LogP contribution in [0, 0.1) is 11.3 Å². The number of likely N-dealkylation sites (tertiary alicyclic amines) is 1. The Kier molecular flexibility index (Phi) is 4.11. The summed E-state index contributed by atoms with van der Waals surface area (Å²) in [7, 11) is 0. The summed E-state index contributed by atoms with van der Waals surface area (Å²) in [5.41, 5.74) is 6.85. The smallest absolute Gasteiger partial charge is 0.0473 e. The molecule has 2 aliphatic rings. The quantitative estimate of drug-likeness (QED) is 0.841. The van der Waals surface area contributed by atoms with Crippen molar-refractivity contribution in [2.75, 3.05) is 31.1 Å². The van der Waals surface area contributed by atoms with E-state index in [1.54, 1.807) is 0 Å². The van der Waals surface area contributed by atoms with Gasteiger partial charge in [-0.25, -0.2) is 0 Å². The lowest BCUT2D eigenvalue weighted by molar-refractivity contribution is 0.0157. The van der Waals surface area contributed by atoms with Crippen LogP contribution in [0.2, 0.25) is 0 Å². The highest BCUT2D eigenvalue weighted by molar-refractivity contribution is 7.99. The van der Waals surface area contributed by atoms with Crippen LogP contribution in [0.5, 0.6) is 0 Å². The molecule has 0 spiro atoms. The van der Waals surface area contributed by atoms with Crippen LogP contribution in [0.4, 0.5) is 0 Å². The molecule has 2 nitrogen and oxygen atoms in total. The summed E-state index contributed by atoms with van der Waals surface area (Å²) in [4.78, 5) is 2.73. The average molecular weight is 256 g/mol. The zero-order chi connectivity index (χ0) is 12.5. The first-order valence-electron chi connectivity index (χ1n) is 7.08. The molecule has 2 unspecified atom stereocenters. The summed E-state index contributed by atoms with van der Waals surface area (Å²) in [5.74, 6) is 3.44. The highest BCUT2D eigenvalue weighted by atomic mass is 32.2. The molecule has 3 heteroatoms. The largest absolute Gasteiger partial charge is 0.329 e. The van der Waals surface area contributed by atoms with Gasteiger partial charge in [0.25, 0.3) is 0 Å². The second-order valence-corrected chi connectivity index (χ2v) is 7.54. The highest BCUT2D eigenvalue weighted by Crippen LogP contribution is 2.47. The summed E-state index contributed by atoms with van der Waals surface area (Å²) in [5, 5.41) is 0. The van der Waals surface area contributed by atoms with E-state index in [0.717, 1.165) is 12.5 Å². The standard InChI is InChI=1S/C14H28N2S/c1-4-12-5-7-16(9-12)14(10-15)11-17-8-6-13(14,2)3/h12H,4-11,15H2,1-3H3. The maximum Gasteiger partial charge on any atom is 0.0473 e. The molecule has 0 saturated carbocycles. The molecule has 0 radical (unpaired) electrons. The summed E-state index contributed by atoms with van der Waals surface area (Å²) in [6.45, 7) is 10.5. The molecule has 0 bridgehead atoms. The van der Waals surface area contributed by atoms with Gasteiger partial charge in [0.2, 0.25) is 0 Å². The Bertz CT molecular complexity index is 267. The molecule has 0 aromatic carbocycles.